The summed E-state index contributed by atoms with van der Waals surface area (Å²) in [6.07, 6.45) is 5.07. The van der Waals surface area contributed by atoms with Gasteiger partial charge in [0.2, 0.25) is 0 Å². The lowest BCUT2D eigenvalue weighted by Crippen LogP contribution is -2.28. The van der Waals surface area contributed by atoms with Crippen LogP contribution in [0.3, 0.4) is 0 Å². The summed E-state index contributed by atoms with van der Waals surface area (Å²) in [5.41, 5.74) is 2.42. The van der Waals surface area contributed by atoms with Crippen molar-refractivity contribution in [2.24, 2.45) is 0 Å². The van der Waals surface area contributed by atoms with Crippen LogP contribution in [0.2, 0.25) is 0 Å². The predicted molar refractivity (Wildman–Crippen MR) is 91.6 cm³/mol. The summed E-state index contributed by atoms with van der Waals surface area (Å²) in [6.45, 7) is 4.78. The van der Waals surface area contributed by atoms with Crippen molar-refractivity contribution < 1.29 is 4.79 Å². The van der Waals surface area contributed by atoms with Gasteiger partial charge in [0.25, 0.3) is 5.91 Å². The van der Waals surface area contributed by atoms with Crippen LogP contribution in [0.1, 0.15) is 21.2 Å². The van der Waals surface area contributed by atoms with E-state index >= 15 is 0 Å². The van der Waals surface area contributed by atoms with Gasteiger partial charge in [0.15, 0.2) is 0 Å². The lowest BCUT2D eigenvalue weighted by atomic mass is 10.4. The summed E-state index contributed by atoms with van der Waals surface area (Å²) in [4.78, 5) is 29.3. The molecular weight excluding hydrogens is 326 g/mol. The van der Waals surface area contributed by atoms with Gasteiger partial charge in [0.1, 0.15) is 28.7 Å². The summed E-state index contributed by atoms with van der Waals surface area (Å²) in [7, 11) is 0. The molecule has 0 unspecified atom stereocenters. The van der Waals surface area contributed by atoms with Gasteiger partial charge in [0.05, 0.1) is 11.2 Å². The van der Waals surface area contributed by atoms with Gasteiger partial charge in [-0.25, -0.2) is 19.9 Å². The van der Waals surface area contributed by atoms with Crippen LogP contribution in [0.25, 0.3) is 5.82 Å². The Morgan fingerprint density at radius 2 is 2.08 bits per heavy atom. The van der Waals surface area contributed by atoms with Crippen LogP contribution < -0.4 is 10.6 Å². The molecule has 124 valence electrons. The highest BCUT2D eigenvalue weighted by molar-refractivity contribution is 7.11. The molecule has 0 aliphatic carbocycles. The van der Waals surface area contributed by atoms with Crippen molar-refractivity contribution in [1.29, 1.82) is 0 Å². The van der Waals surface area contributed by atoms with Crippen LogP contribution >= 0.6 is 11.3 Å². The zero-order valence-electron chi connectivity index (χ0n) is 13.4. The largest absolute Gasteiger partial charge is 0.368 e. The molecule has 3 rings (SSSR count). The predicted octanol–water partition coefficient (Wildman–Crippen LogP) is 1.58. The van der Waals surface area contributed by atoms with Gasteiger partial charge < -0.3 is 10.6 Å². The standard InChI is InChI=1S/C15H17N7OS/c1-10-14(24-9-21-10)15(23)18-4-3-17-12-7-13(20-8-19-12)22-6-5-16-11(22)2/h5-9H,3-4H2,1-2H3,(H,18,23)(H,17,19,20). The minimum atomic E-state index is -0.103. The zero-order valence-corrected chi connectivity index (χ0v) is 14.2. The number of aryl methyl sites for hydroxylation is 2. The van der Waals surface area contributed by atoms with E-state index in [1.807, 2.05) is 30.7 Å². The van der Waals surface area contributed by atoms with Gasteiger partial charge in [-0.3, -0.25) is 9.36 Å². The highest BCUT2D eigenvalue weighted by atomic mass is 32.1. The second kappa shape index (κ2) is 7.18. The number of nitrogens with zero attached hydrogens (tertiary/aromatic N) is 5. The van der Waals surface area contributed by atoms with E-state index in [1.165, 1.54) is 17.7 Å². The van der Waals surface area contributed by atoms with E-state index in [-0.39, 0.29) is 5.91 Å². The smallest absolute Gasteiger partial charge is 0.263 e. The number of thiazole rings is 1. The van der Waals surface area contributed by atoms with Crippen molar-refractivity contribution in [2.45, 2.75) is 13.8 Å². The molecule has 0 saturated heterocycles. The Bertz CT molecular complexity index is 842. The van der Waals surface area contributed by atoms with Crippen molar-refractivity contribution in [3.63, 3.8) is 0 Å². The first kappa shape index (κ1) is 16.1. The van der Waals surface area contributed by atoms with E-state index in [2.05, 4.69) is 30.6 Å². The van der Waals surface area contributed by atoms with Crippen molar-refractivity contribution in [3.05, 3.63) is 46.7 Å². The minimum absolute atomic E-state index is 0.103. The fourth-order valence-electron chi connectivity index (χ4n) is 2.16. The third-order valence-electron chi connectivity index (χ3n) is 3.39. The van der Waals surface area contributed by atoms with E-state index in [4.69, 9.17) is 0 Å². The lowest BCUT2D eigenvalue weighted by molar-refractivity contribution is 0.0958. The van der Waals surface area contributed by atoms with Crippen LogP contribution in [0.5, 0.6) is 0 Å². The number of nitrogens with one attached hydrogen (secondary N) is 2. The highest BCUT2D eigenvalue weighted by Crippen LogP contribution is 2.12. The van der Waals surface area contributed by atoms with Crippen molar-refractivity contribution in [3.8, 4) is 5.82 Å². The Kier molecular flexibility index (Phi) is 4.80. The molecule has 3 aromatic rings. The second-order valence-corrected chi connectivity index (χ2v) is 5.91. The Morgan fingerprint density at radius 1 is 1.21 bits per heavy atom. The molecule has 0 atom stereocenters. The summed E-state index contributed by atoms with van der Waals surface area (Å²) in [6, 6.07) is 1.84. The number of aromatic nitrogens is 5. The monoisotopic (exact) mass is 343 g/mol. The average Bonchev–Trinajstić information content (AvgIpc) is 3.20. The Labute approximate surface area is 143 Å². The third kappa shape index (κ3) is 3.57. The van der Waals surface area contributed by atoms with Gasteiger partial charge in [-0.2, -0.15) is 0 Å². The molecule has 3 aromatic heterocycles. The molecule has 0 radical (unpaired) electrons. The molecule has 1 amide bonds. The van der Waals surface area contributed by atoms with Gasteiger partial charge in [0, 0.05) is 31.5 Å². The first-order valence-corrected chi connectivity index (χ1v) is 8.27. The molecular formula is C15H17N7OS. The Morgan fingerprint density at radius 3 is 2.79 bits per heavy atom. The van der Waals surface area contributed by atoms with Crippen molar-refractivity contribution in [2.75, 3.05) is 18.4 Å². The first-order chi connectivity index (χ1) is 11.6. The Hall–Kier alpha value is -2.81. The van der Waals surface area contributed by atoms with E-state index < -0.39 is 0 Å². The molecule has 0 aliphatic heterocycles. The number of rotatable bonds is 6. The van der Waals surface area contributed by atoms with E-state index in [9.17, 15) is 4.79 Å². The van der Waals surface area contributed by atoms with Crippen LogP contribution in [-0.4, -0.2) is 43.5 Å². The molecule has 8 nitrogen and oxygen atoms in total. The van der Waals surface area contributed by atoms with Crippen molar-refractivity contribution in [1.82, 2.24) is 29.8 Å². The normalized spacial score (nSPS) is 10.6. The molecule has 9 heteroatoms. The van der Waals surface area contributed by atoms with E-state index in [0.29, 0.717) is 23.8 Å². The number of carbonyl (C=O) groups is 1. The molecule has 0 saturated carbocycles. The maximum atomic E-state index is 12.0. The number of hydrogen-bond acceptors (Lipinski definition) is 7. The van der Waals surface area contributed by atoms with Crippen LogP contribution in [0.15, 0.2) is 30.3 Å². The maximum Gasteiger partial charge on any atom is 0.263 e. The molecule has 3 heterocycles. The SMILES string of the molecule is Cc1ncsc1C(=O)NCCNc1cc(-n2ccnc2C)ncn1. The zero-order chi connectivity index (χ0) is 16.9. The molecule has 0 spiro atoms. The van der Waals surface area contributed by atoms with Gasteiger partial charge in [-0.15, -0.1) is 11.3 Å². The fourth-order valence-corrected chi connectivity index (χ4v) is 2.88. The lowest BCUT2D eigenvalue weighted by Gasteiger charge is -2.09. The minimum Gasteiger partial charge on any atom is -0.368 e. The van der Waals surface area contributed by atoms with Gasteiger partial charge in [-0.05, 0) is 13.8 Å². The van der Waals surface area contributed by atoms with E-state index in [1.54, 1.807) is 11.7 Å². The van der Waals surface area contributed by atoms with E-state index in [0.717, 1.165) is 17.3 Å². The number of hydrogen-bond donors (Lipinski definition) is 2. The quantitative estimate of drug-likeness (QED) is 0.660. The molecule has 0 aromatic carbocycles. The van der Waals surface area contributed by atoms with Crippen LogP contribution in [0.4, 0.5) is 5.82 Å². The van der Waals surface area contributed by atoms with Gasteiger partial charge in [-0.1, -0.05) is 0 Å². The number of anilines is 1. The Balaban J connectivity index is 1.53. The number of carbonyl (C=O) groups excluding carboxylic acids is 1. The molecule has 24 heavy (non-hydrogen) atoms. The van der Waals surface area contributed by atoms with Crippen molar-refractivity contribution >= 4 is 23.1 Å². The summed E-state index contributed by atoms with van der Waals surface area (Å²) in [5, 5.41) is 6.03. The molecule has 0 aliphatic rings. The van der Waals surface area contributed by atoms with Crippen LogP contribution in [-0.2, 0) is 0 Å². The summed E-state index contributed by atoms with van der Waals surface area (Å²) < 4.78 is 1.88. The summed E-state index contributed by atoms with van der Waals surface area (Å²) >= 11 is 1.34. The summed E-state index contributed by atoms with van der Waals surface area (Å²) in [5.74, 6) is 2.18. The third-order valence-corrected chi connectivity index (χ3v) is 4.32. The number of amides is 1. The topological polar surface area (TPSA) is 97.6 Å². The average molecular weight is 343 g/mol. The maximum absolute atomic E-state index is 12.0. The van der Waals surface area contributed by atoms with Gasteiger partial charge >= 0.3 is 0 Å². The second-order valence-electron chi connectivity index (χ2n) is 5.06. The molecule has 0 fully saturated rings. The van der Waals surface area contributed by atoms with Crippen LogP contribution in [0, 0.1) is 13.8 Å². The first-order valence-electron chi connectivity index (χ1n) is 7.39. The highest BCUT2D eigenvalue weighted by Gasteiger charge is 2.10. The molecule has 0 bridgehead atoms. The molecule has 2 N–H and O–H groups in total. The number of imidazole rings is 1. The fraction of sp³-hybridized carbons (Fsp3) is 0.267.